The van der Waals surface area contributed by atoms with Crippen molar-refractivity contribution in [1.82, 2.24) is 4.90 Å². The van der Waals surface area contributed by atoms with Gasteiger partial charge in [-0.3, -0.25) is 9.69 Å². The Morgan fingerprint density at radius 1 is 1.31 bits per heavy atom. The Balaban J connectivity index is 2.31. The van der Waals surface area contributed by atoms with Gasteiger partial charge in [0.25, 0.3) is 0 Å². The van der Waals surface area contributed by atoms with E-state index in [4.69, 9.17) is 0 Å². The van der Waals surface area contributed by atoms with Gasteiger partial charge in [-0.2, -0.15) is 0 Å². The lowest BCUT2D eigenvalue weighted by Gasteiger charge is -2.15. The number of likely N-dealkylation sites (N-methyl/N-ethyl adjacent to an activating group) is 1. The SMILES string of the molecule is CCCCN(C)CC(=O)Nc1ccccc1. The molecule has 0 fully saturated rings. The minimum atomic E-state index is 0.0461. The molecule has 16 heavy (non-hydrogen) atoms. The molecule has 0 saturated carbocycles. The van der Waals surface area contributed by atoms with Crippen LogP contribution < -0.4 is 5.32 Å². The fourth-order valence-electron chi connectivity index (χ4n) is 1.47. The van der Waals surface area contributed by atoms with Crippen LogP contribution in [0.2, 0.25) is 0 Å². The van der Waals surface area contributed by atoms with Crippen molar-refractivity contribution in [2.75, 3.05) is 25.5 Å². The molecule has 0 aromatic heterocycles. The van der Waals surface area contributed by atoms with Crippen LogP contribution in [-0.4, -0.2) is 30.9 Å². The summed E-state index contributed by atoms with van der Waals surface area (Å²) in [5.41, 5.74) is 0.858. The molecule has 0 aliphatic rings. The zero-order chi connectivity index (χ0) is 11.8. The van der Waals surface area contributed by atoms with Gasteiger partial charge < -0.3 is 5.32 Å². The maximum Gasteiger partial charge on any atom is 0.238 e. The second-order valence-electron chi connectivity index (χ2n) is 4.01. The van der Waals surface area contributed by atoms with Gasteiger partial charge in [0.2, 0.25) is 5.91 Å². The zero-order valence-electron chi connectivity index (χ0n) is 10.1. The molecule has 1 aromatic rings. The lowest BCUT2D eigenvalue weighted by atomic mass is 10.3. The summed E-state index contributed by atoms with van der Waals surface area (Å²) in [5.74, 6) is 0.0461. The predicted octanol–water partition coefficient (Wildman–Crippen LogP) is 2.36. The molecule has 3 nitrogen and oxygen atoms in total. The third kappa shape index (κ3) is 4.94. The average molecular weight is 220 g/mol. The highest BCUT2D eigenvalue weighted by atomic mass is 16.2. The fraction of sp³-hybridized carbons (Fsp3) is 0.462. The normalized spacial score (nSPS) is 10.4. The van der Waals surface area contributed by atoms with E-state index in [1.165, 1.54) is 0 Å². The molecule has 1 rings (SSSR count). The second-order valence-corrected chi connectivity index (χ2v) is 4.01. The van der Waals surface area contributed by atoms with E-state index in [-0.39, 0.29) is 5.91 Å². The van der Waals surface area contributed by atoms with Gasteiger partial charge in [0.05, 0.1) is 6.54 Å². The number of carbonyl (C=O) groups is 1. The highest BCUT2D eigenvalue weighted by molar-refractivity contribution is 5.92. The summed E-state index contributed by atoms with van der Waals surface area (Å²) >= 11 is 0. The van der Waals surface area contributed by atoms with E-state index in [9.17, 15) is 4.79 Å². The molecule has 88 valence electrons. The van der Waals surface area contributed by atoms with Crippen LogP contribution in [0.1, 0.15) is 19.8 Å². The third-order valence-electron chi connectivity index (χ3n) is 2.36. The quantitative estimate of drug-likeness (QED) is 0.798. The molecule has 1 amide bonds. The number of unbranched alkanes of at least 4 members (excludes halogenated alkanes) is 1. The maximum atomic E-state index is 11.6. The van der Waals surface area contributed by atoms with Crippen LogP contribution in [0, 0.1) is 0 Å². The minimum Gasteiger partial charge on any atom is -0.325 e. The number of rotatable bonds is 6. The molecule has 0 radical (unpaired) electrons. The summed E-state index contributed by atoms with van der Waals surface area (Å²) in [7, 11) is 1.97. The maximum absolute atomic E-state index is 11.6. The van der Waals surface area contributed by atoms with Gasteiger partial charge in [0.1, 0.15) is 0 Å². The summed E-state index contributed by atoms with van der Waals surface area (Å²) in [4.78, 5) is 13.7. The largest absolute Gasteiger partial charge is 0.325 e. The van der Waals surface area contributed by atoms with Crippen molar-refractivity contribution in [2.45, 2.75) is 19.8 Å². The first-order chi connectivity index (χ1) is 7.72. The number of nitrogens with one attached hydrogen (secondary N) is 1. The van der Waals surface area contributed by atoms with Gasteiger partial charge >= 0.3 is 0 Å². The molecule has 0 aliphatic carbocycles. The molecule has 1 N–H and O–H groups in total. The van der Waals surface area contributed by atoms with Crippen LogP contribution in [0.3, 0.4) is 0 Å². The second kappa shape index (κ2) is 7.01. The molecule has 1 aromatic carbocycles. The minimum absolute atomic E-state index is 0.0461. The Hall–Kier alpha value is -1.35. The average Bonchev–Trinajstić information content (AvgIpc) is 2.27. The molecule has 0 atom stereocenters. The zero-order valence-corrected chi connectivity index (χ0v) is 10.1. The number of hydrogen-bond donors (Lipinski definition) is 1. The Labute approximate surface area is 97.5 Å². The number of nitrogens with zero attached hydrogens (tertiary/aromatic N) is 1. The Morgan fingerprint density at radius 3 is 2.62 bits per heavy atom. The van der Waals surface area contributed by atoms with E-state index in [2.05, 4.69) is 12.2 Å². The van der Waals surface area contributed by atoms with Gasteiger partial charge in [0.15, 0.2) is 0 Å². The summed E-state index contributed by atoms with van der Waals surface area (Å²) in [5, 5.41) is 2.87. The highest BCUT2D eigenvalue weighted by Crippen LogP contribution is 2.04. The van der Waals surface area contributed by atoms with Crippen LogP contribution in [0.4, 0.5) is 5.69 Å². The van der Waals surface area contributed by atoms with Crippen molar-refractivity contribution in [1.29, 1.82) is 0 Å². The molecule has 0 saturated heterocycles. The predicted molar refractivity (Wildman–Crippen MR) is 67.5 cm³/mol. The topological polar surface area (TPSA) is 32.3 Å². The number of anilines is 1. The van der Waals surface area contributed by atoms with Crippen molar-refractivity contribution in [2.24, 2.45) is 0 Å². The van der Waals surface area contributed by atoms with Gasteiger partial charge in [0, 0.05) is 5.69 Å². The monoisotopic (exact) mass is 220 g/mol. The van der Waals surface area contributed by atoms with E-state index in [1.807, 2.05) is 42.3 Å². The first kappa shape index (κ1) is 12.7. The molecule has 0 bridgehead atoms. The first-order valence-corrected chi connectivity index (χ1v) is 5.76. The third-order valence-corrected chi connectivity index (χ3v) is 2.36. The molecular weight excluding hydrogens is 200 g/mol. The molecule has 3 heteroatoms. The molecule has 0 unspecified atom stereocenters. The number of amides is 1. The summed E-state index contributed by atoms with van der Waals surface area (Å²) < 4.78 is 0. The van der Waals surface area contributed by atoms with Gasteiger partial charge in [-0.05, 0) is 32.1 Å². The molecule has 0 spiro atoms. The summed E-state index contributed by atoms with van der Waals surface area (Å²) in [6.07, 6.45) is 2.29. The van der Waals surface area contributed by atoms with E-state index < -0.39 is 0 Å². The van der Waals surface area contributed by atoms with E-state index >= 15 is 0 Å². The van der Waals surface area contributed by atoms with E-state index in [0.717, 1.165) is 25.1 Å². The molecular formula is C13H20N2O. The standard InChI is InChI=1S/C13H20N2O/c1-3-4-10-15(2)11-13(16)14-12-8-6-5-7-9-12/h5-9H,3-4,10-11H2,1-2H3,(H,14,16). The Morgan fingerprint density at radius 2 is 2.00 bits per heavy atom. The van der Waals surface area contributed by atoms with Gasteiger partial charge in [-0.15, -0.1) is 0 Å². The summed E-state index contributed by atoms with van der Waals surface area (Å²) in [6.45, 7) is 3.57. The van der Waals surface area contributed by atoms with Crippen molar-refractivity contribution in [3.05, 3.63) is 30.3 Å². The van der Waals surface area contributed by atoms with Crippen LogP contribution in [0.5, 0.6) is 0 Å². The van der Waals surface area contributed by atoms with Gasteiger partial charge in [-0.1, -0.05) is 31.5 Å². The van der Waals surface area contributed by atoms with Crippen LogP contribution in [0.15, 0.2) is 30.3 Å². The number of carbonyl (C=O) groups excluding carboxylic acids is 1. The van der Waals surface area contributed by atoms with Crippen LogP contribution >= 0.6 is 0 Å². The lowest BCUT2D eigenvalue weighted by Crippen LogP contribution is -2.30. The summed E-state index contributed by atoms with van der Waals surface area (Å²) in [6, 6.07) is 9.55. The lowest BCUT2D eigenvalue weighted by molar-refractivity contribution is -0.117. The fourth-order valence-corrected chi connectivity index (χ4v) is 1.47. The molecule has 0 aliphatic heterocycles. The van der Waals surface area contributed by atoms with Crippen molar-refractivity contribution >= 4 is 11.6 Å². The smallest absolute Gasteiger partial charge is 0.238 e. The first-order valence-electron chi connectivity index (χ1n) is 5.76. The van der Waals surface area contributed by atoms with Crippen LogP contribution in [-0.2, 0) is 4.79 Å². The highest BCUT2D eigenvalue weighted by Gasteiger charge is 2.05. The van der Waals surface area contributed by atoms with E-state index in [0.29, 0.717) is 6.54 Å². The molecule has 0 heterocycles. The Bertz CT molecular complexity index is 311. The van der Waals surface area contributed by atoms with Gasteiger partial charge in [-0.25, -0.2) is 0 Å². The van der Waals surface area contributed by atoms with E-state index in [1.54, 1.807) is 0 Å². The van der Waals surface area contributed by atoms with Crippen LogP contribution in [0.25, 0.3) is 0 Å². The van der Waals surface area contributed by atoms with Crippen molar-refractivity contribution in [3.8, 4) is 0 Å². The number of hydrogen-bond acceptors (Lipinski definition) is 2. The Kier molecular flexibility index (Phi) is 5.57. The number of benzene rings is 1. The van der Waals surface area contributed by atoms with Crippen molar-refractivity contribution < 1.29 is 4.79 Å². The van der Waals surface area contributed by atoms with Crippen molar-refractivity contribution in [3.63, 3.8) is 0 Å². The number of para-hydroxylation sites is 1.